The van der Waals surface area contributed by atoms with Gasteiger partial charge in [0.25, 0.3) is 0 Å². The van der Waals surface area contributed by atoms with Gasteiger partial charge in [0.2, 0.25) is 0 Å². The summed E-state index contributed by atoms with van der Waals surface area (Å²) in [6.07, 6.45) is 2.41. The number of aromatic hydroxyl groups is 1. The van der Waals surface area contributed by atoms with Crippen LogP contribution in [-0.4, -0.2) is 31.3 Å². The molecule has 0 amide bonds. The van der Waals surface area contributed by atoms with Crippen LogP contribution >= 0.6 is 0 Å². The highest BCUT2D eigenvalue weighted by Crippen LogP contribution is 2.40. The molecular formula is C12H10O6. The minimum atomic E-state index is -0.665. The van der Waals surface area contributed by atoms with E-state index >= 15 is 0 Å². The number of ether oxygens (including phenoxy) is 2. The number of methoxy groups -OCH3 is 2. The second-order valence-corrected chi connectivity index (χ2v) is 3.50. The summed E-state index contributed by atoms with van der Waals surface area (Å²) in [6.45, 7) is 0. The highest BCUT2D eigenvalue weighted by molar-refractivity contribution is 6.06. The van der Waals surface area contributed by atoms with E-state index in [2.05, 4.69) is 9.47 Å². The van der Waals surface area contributed by atoms with Crippen molar-refractivity contribution in [2.24, 2.45) is 0 Å². The number of hydrogen-bond acceptors (Lipinski definition) is 6. The van der Waals surface area contributed by atoms with Crippen molar-refractivity contribution in [1.29, 1.82) is 0 Å². The number of fused-ring (bicyclic) bond motifs is 1. The molecule has 0 fully saturated rings. The van der Waals surface area contributed by atoms with Crippen molar-refractivity contribution in [3.05, 3.63) is 29.7 Å². The third kappa shape index (κ3) is 1.67. The smallest absolute Gasteiger partial charge is 0.341 e. The summed E-state index contributed by atoms with van der Waals surface area (Å²) in [5.41, 5.74) is 0.665. The Balaban J connectivity index is 2.66. The molecule has 2 rings (SSSR count). The maximum absolute atomic E-state index is 11.5. The monoisotopic (exact) mass is 250 g/mol. The van der Waals surface area contributed by atoms with Gasteiger partial charge < -0.3 is 19.0 Å². The zero-order valence-electron chi connectivity index (χ0n) is 9.72. The summed E-state index contributed by atoms with van der Waals surface area (Å²) in [5, 5.41) is 9.80. The highest BCUT2D eigenvalue weighted by atomic mass is 16.5. The Morgan fingerprint density at radius 3 is 2.33 bits per heavy atom. The van der Waals surface area contributed by atoms with Gasteiger partial charge in [-0.25, -0.2) is 9.59 Å². The van der Waals surface area contributed by atoms with Crippen LogP contribution in [0.1, 0.15) is 20.7 Å². The summed E-state index contributed by atoms with van der Waals surface area (Å²) in [6, 6.07) is 1.22. The molecule has 1 aliphatic carbocycles. The summed E-state index contributed by atoms with van der Waals surface area (Å²) in [5.74, 6) is -1.50. The molecule has 0 unspecified atom stereocenters. The van der Waals surface area contributed by atoms with Crippen LogP contribution in [0.15, 0.2) is 23.0 Å². The first-order valence-electron chi connectivity index (χ1n) is 4.98. The van der Waals surface area contributed by atoms with Crippen LogP contribution in [0.4, 0.5) is 0 Å². The van der Waals surface area contributed by atoms with E-state index < -0.39 is 11.9 Å². The SMILES string of the molecule is COC(=O)c1cc(O)c2c(C(=O)OC)cocc1-2. The van der Waals surface area contributed by atoms with Crippen molar-refractivity contribution < 1.29 is 28.6 Å². The number of rotatable bonds is 2. The Bertz CT molecular complexity index is 583. The van der Waals surface area contributed by atoms with Crippen molar-refractivity contribution in [2.75, 3.05) is 14.2 Å². The minimum absolute atomic E-state index is 0.0441. The molecule has 0 saturated carbocycles. The molecule has 6 heteroatoms. The lowest BCUT2D eigenvalue weighted by Crippen LogP contribution is -2.05. The summed E-state index contributed by atoms with van der Waals surface area (Å²) in [4.78, 5) is 23.0. The molecule has 0 aromatic heterocycles. The van der Waals surface area contributed by atoms with Crippen LogP contribution < -0.4 is 0 Å². The Labute approximate surface area is 102 Å². The molecule has 0 atom stereocenters. The number of hydrogen-bond donors (Lipinski definition) is 1. The fourth-order valence-corrected chi connectivity index (χ4v) is 1.73. The first-order valence-corrected chi connectivity index (χ1v) is 4.98. The molecule has 1 N–H and O–H groups in total. The first-order chi connectivity index (χ1) is 8.60. The molecule has 0 saturated heterocycles. The molecule has 0 spiro atoms. The molecule has 94 valence electrons. The normalized spacial score (nSPS) is 10.3. The van der Waals surface area contributed by atoms with Gasteiger partial charge in [0.05, 0.1) is 26.0 Å². The van der Waals surface area contributed by atoms with Crippen molar-refractivity contribution >= 4 is 11.9 Å². The topological polar surface area (TPSA) is 86.0 Å². The fraction of sp³-hybridized carbons (Fsp3) is 0.167. The van der Waals surface area contributed by atoms with Crippen LogP contribution in [0.25, 0.3) is 11.1 Å². The maximum atomic E-state index is 11.5. The van der Waals surface area contributed by atoms with Gasteiger partial charge in [-0.3, -0.25) is 0 Å². The number of carbonyl (C=O) groups excluding carboxylic acids is 2. The van der Waals surface area contributed by atoms with Crippen molar-refractivity contribution in [1.82, 2.24) is 0 Å². The van der Waals surface area contributed by atoms with E-state index in [4.69, 9.17) is 4.42 Å². The predicted octanol–water partition coefficient (Wildman–Crippen LogP) is 1.66. The van der Waals surface area contributed by atoms with E-state index in [-0.39, 0.29) is 22.4 Å². The second kappa shape index (κ2) is 4.40. The van der Waals surface area contributed by atoms with Crippen LogP contribution in [0.3, 0.4) is 0 Å². The van der Waals surface area contributed by atoms with Gasteiger partial charge in [-0.1, -0.05) is 0 Å². The Hall–Kier alpha value is -2.50. The number of esters is 2. The van der Waals surface area contributed by atoms with Gasteiger partial charge in [-0.15, -0.1) is 0 Å². The third-order valence-electron chi connectivity index (χ3n) is 2.55. The van der Waals surface area contributed by atoms with Gasteiger partial charge in [-0.2, -0.15) is 0 Å². The molecule has 1 heterocycles. The van der Waals surface area contributed by atoms with Crippen LogP contribution in [0, 0.1) is 0 Å². The zero-order valence-corrected chi connectivity index (χ0v) is 9.72. The first kappa shape index (κ1) is 12.0. The second-order valence-electron chi connectivity index (χ2n) is 3.50. The largest absolute Gasteiger partial charge is 0.507 e. The lowest BCUT2D eigenvalue weighted by atomic mass is 10.0. The van der Waals surface area contributed by atoms with E-state index in [1.165, 1.54) is 26.5 Å². The molecule has 18 heavy (non-hydrogen) atoms. The van der Waals surface area contributed by atoms with Crippen molar-refractivity contribution in [3.63, 3.8) is 0 Å². The average molecular weight is 250 g/mol. The van der Waals surface area contributed by atoms with E-state index in [1.54, 1.807) is 0 Å². The van der Waals surface area contributed by atoms with Gasteiger partial charge >= 0.3 is 11.9 Å². The van der Waals surface area contributed by atoms with Gasteiger partial charge in [0.1, 0.15) is 17.6 Å². The summed E-state index contributed by atoms with van der Waals surface area (Å²) < 4.78 is 14.1. The summed E-state index contributed by atoms with van der Waals surface area (Å²) in [7, 11) is 2.43. The van der Waals surface area contributed by atoms with Gasteiger partial charge in [0.15, 0.2) is 0 Å². The molecule has 0 radical (unpaired) electrons. The van der Waals surface area contributed by atoms with E-state index in [0.29, 0.717) is 5.56 Å². The lowest BCUT2D eigenvalue weighted by Gasteiger charge is -2.06. The van der Waals surface area contributed by atoms with E-state index in [0.717, 1.165) is 6.26 Å². The molecule has 2 aliphatic rings. The Kier molecular flexibility index (Phi) is 2.93. The minimum Gasteiger partial charge on any atom is -0.507 e. The Morgan fingerprint density at radius 2 is 1.72 bits per heavy atom. The van der Waals surface area contributed by atoms with E-state index in [1.807, 2.05) is 0 Å². The van der Waals surface area contributed by atoms with Crippen molar-refractivity contribution in [3.8, 4) is 16.9 Å². The predicted molar refractivity (Wildman–Crippen MR) is 59.7 cm³/mol. The van der Waals surface area contributed by atoms with Gasteiger partial charge in [-0.05, 0) is 6.07 Å². The molecule has 6 nitrogen and oxygen atoms in total. The quantitative estimate of drug-likeness (QED) is 0.816. The average Bonchev–Trinajstić information content (AvgIpc) is 2.74. The molecule has 0 bridgehead atoms. The molecular weight excluding hydrogens is 240 g/mol. The van der Waals surface area contributed by atoms with Gasteiger partial charge in [0, 0.05) is 11.1 Å². The highest BCUT2D eigenvalue weighted by Gasteiger charge is 2.27. The lowest BCUT2D eigenvalue weighted by molar-refractivity contribution is 0.0588. The Morgan fingerprint density at radius 1 is 1.11 bits per heavy atom. The van der Waals surface area contributed by atoms with Crippen LogP contribution in [0.5, 0.6) is 5.75 Å². The van der Waals surface area contributed by atoms with E-state index in [9.17, 15) is 14.7 Å². The standard InChI is InChI=1S/C12H10O6/c1-16-11(14)6-3-9(13)10-7(6)4-18-5-8(10)12(15)17-2/h3-5,13H,1-2H3. The number of carbonyl (C=O) groups is 2. The van der Waals surface area contributed by atoms with Crippen molar-refractivity contribution in [2.45, 2.75) is 0 Å². The van der Waals surface area contributed by atoms with Crippen LogP contribution in [-0.2, 0) is 9.47 Å². The fourth-order valence-electron chi connectivity index (χ4n) is 1.73. The maximum Gasteiger partial charge on any atom is 0.341 e. The zero-order chi connectivity index (χ0) is 13.3. The third-order valence-corrected chi connectivity index (χ3v) is 2.55. The van der Waals surface area contributed by atoms with Crippen LogP contribution in [0.2, 0.25) is 0 Å². The molecule has 0 aromatic rings. The molecule has 0 aromatic carbocycles. The summed E-state index contributed by atoms with van der Waals surface area (Å²) >= 11 is 0. The molecule has 1 aliphatic heterocycles.